The molecule has 2 aliphatic rings. The molecule has 17 heavy (non-hydrogen) atoms. The molecule has 0 amide bonds. The first kappa shape index (κ1) is 11.7. The molecule has 1 aromatic rings. The Morgan fingerprint density at radius 2 is 2.24 bits per heavy atom. The minimum Gasteiger partial charge on any atom is -0.356 e. The molecule has 0 aliphatic heterocycles. The van der Waals surface area contributed by atoms with E-state index in [1.54, 1.807) is 0 Å². The number of aromatic nitrogens is 2. The molecule has 0 aromatic carbocycles. The van der Waals surface area contributed by atoms with Crippen molar-refractivity contribution >= 4 is 28.7 Å². The maximum Gasteiger partial charge on any atom is 0.204 e. The Kier molecular flexibility index (Phi) is 2.43. The topological polar surface area (TPSA) is 40.7 Å². The van der Waals surface area contributed by atoms with Crippen LogP contribution < -0.4 is 5.32 Å². The van der Waals surface area contributed by atoms with Gasteiger partial charge in [0.1, 0.15) is 0 Å². The number of rotatable bonds is 2. The highest BCUT2D eigenvalue weighted by Gasteiger charge is 2.59. The lowest BCUT2D eigenvalue weighted by atomic mass is 9.68. The van der Waals surface area contributed by atoms with Crippen LogP contribution >= 0.6 is 23.6 Å². The monoisotopic (exact) mass is 269 g/mol. The van der Waals surface area contributed by atoms with Crippen LogP contribution in [0, 0.1) is 20.7 Å². The van der Waals surface area contributed by atoms with Crippen LogP contribution in [0.2, 0.25) is 0 Å². The first-order chi connectivity index (χ1) is 7.92. The quantitative estimate of drug-likeness (QED) is 0.802. The predicted molar refractivity (Wildman–Crippen MR) is 73.9 cm³/mol. The second-order valence-corrected chi connectivity index (χ2v) is 8.08. The summed E-state index contributed by atoms with van der Waals surface area (Å²) in [5.41, 5.74) is 0.793. The van der Waals surface area contributed by atoms with Gasteiger partial charge in [-0.25, -0.2) is 0 Å². The number of fused-ring (bicyclic) bond motifs is 2. The van der Waals surface area contributed by atoms with E-state index in [2.05, 4.69) is 36.3 Å². The molecule has 2 fully saturated rings. The summed E-state index contributed by atoms with van der Waals surface area (Å²) in [4.78, 5) is 0. The van der Waals surface area contributed by atoms with Crippen molar-refractivity contribution in [3.63, 3.8) is 0 Å². The zero-order valence-electron chi connectivity index (χ0n) is 10.5. The normalized spacial score (nSPS) is 38.5. The van der Waals surface area contributed by atoms with Crippen molar-refractivity contribution in [1.82, 2.24) is 10.2 Å². The summed E-state index contributed by atoms with van der Waals surface area (Å²) in [6.07, 6.45) is 4.08. The highest BCUT2D eigenvalue weighted by atomic mass is 32.1. The summed E-state index contributed by atoms with van der Waals surface area (Å²) < 4.78 is 0.749. The number of aromatic amines is 1. The molecule has 0 spiro atoms. The fourth-order valence-electron chi connectivity index (χ4n) is 4.08. The number of nitrogens with one attached hydrogen (secondary N) is 2. The summed E-state index contributed by atoms with van der Waals surface area (Å²) in [7, 11) is 0. The highest BCUT2D eigenvalue weighted by Crippen LogP contribution is 2.63. The largest absolute Gasteiger partial charge is 0.356 e. The van der Waals surface area contributed by atoms with Crippen molar-refractivity contribution in [2.24, 2.45) is 16.7 Å². The van der Waals surface area contributed by atoms with Crippen LogP contribution in [0.4, 0.5) is 5.13 Å². The zero-order valence-corrected chi connectivity index (χ0v) is 12.2. The number of anilines is 1. The van der Waals surface area contributed by atoms with Crippen molar-refractivity contribution in [3.8, 4) is 0 Å². The summed E-state index contributed by atoms with van der Waals surface area (Å²) >= 11 is 6.62. The average molecular weight is 269 g/mol. The summed E-state index contributed by atoms with van der Waals surface area (Å²) in [6.45, 7) is 7.21. The molecule has 3 rings (SSSR count). The van der Waals surface area contributed by atoms with E-state index in [9.17, 15) is 0 Å². The van der Waals surface area contributed by atoms with Gasteiger partial charge in [-0.05, 0) is 48.2 Å². The van der Waals surface area contributed by atoms with Crippen molar-refractivity contribution in [2.45, 2.75) is 46.1 Å². The van der Waals surface area contributed by atoms with Crippen LogP contribution in [0.1, 0.15) is 40.0 Å². The van der Waals surface area contributed by atoms with Crippen LogP contribution in [0.25, 0.3) is 0 Å². The van der Waals surface area contributed by atoms with E-state index in [0.717, 1.165) is 15.0 Å². The second-order valence-electron chi connectivity index (χ2n) is 6.41. The van der Waals surface area contributed by atoms with E-state index >= 15 is 0 Å². The summed E-state index contributed by atoms with van der Waals surface area (Å²) in [6, 6.07) is 0.516. The maximum absolute atomic E-state index is 5.09. The summed E-state index contributed by atoms with van der Waals surface area (Å²) in [5, 5.41) is 11.7. The molecule has 2 saturated carbocycles. The number of hydrogen-bond donors (Lipinski definition) is 2. The van der Waals surface area contributed by atoms with Crippen molar-refractivity contribution in [3.05, 3.63) is 3.95 Å². The average Bonchev–Trinajstić information content (AvgIpc) is 2.85. The molecule has 3 unspecified atom stereocenters. The Balaban J connectivity index is 1.89. The van der Waals surface area contributed by atoms with Crippen LogP contribution in [0.15, 0.2) is 0 Å². The van der Waals surface area contributed by atoms with Gasteiger partial charge in [-0.1, -0.05) is 32.1 Å². The molecule has 2 bridgehead atoms. The predicted octanol–water partition coefficient (Wildman–Crippen LogP) is 3.83. The van der Waals surface area contributed by atoms with Crippen LogP contribution in [-0.4, -0.2) is 16.2 Å². The Bertz CT molecular complexity index is 485. The van der Waals surface area contributed by atoms with Gasteiger partial charge in [-0.2, -0.15) is 0 Å². The zero-order chi connectivity index (χ0) is 12.3. The molecule has 3 nitrogen and oxygen atoms in total. The molecule has 0 radical (unpaired) electrons. The SMILES string of the molecule is CC12CCC(C1)C(C)(C)C2Nc1n[nH]c(=S)s1. The highest BCUT2D eigenvalue weighted by molar-refractivity contribution is 7.73. The van der Waals surface area contributed by atoms with E-state index in [1.807, 2.05) is 0 Å². The van der Waals surface area contributed by atoms with Gasteiger partial charge in [0.05, 0.1) is 0 Å². The van der Waals surface area contributed by atoms with E-state index in [-0.39, 0.29) is 0 Å². The van der Waals surface area contributed by atoms with E-state index in [1.165, 1.54) is 30.6 Å². The van der Waals surface area contributed by atoms with Crippen LogP contribution in [-0.2, 0) is 0 Å². The lowest BCUT2D eigenvalue weighted by Crippen LogP contribution is -2.45. The van der Waals surface area contributed by atoms with E-state index in [4.69, 9.17) is 12.2 Å². The second kappa shape index (κ2) is 3.54. The Morgan fingerprint density at radius 1 is 1.47 bits per heavy atom. The van der Waals surface area contributed by atoms with Gasteiger partial charge < -0.3 is 5.32 Å². The number of H-pyrrole nitrogens is 1. The Morgan fingerprint density at radius 3 is 2.76 bits per heavy atom. The minimum atomic E-state index is 0.361. The van der Waals surface area contributed by atoms with Crippen molar-refractivity contribution < 1.29 is 0 Å². The molecule has 94 valence electrons. The van der Waals surface area contributed by atoms with Crippen molar-refractivity contribution in [2.75, 3.05) is 5.32 Å². The smallest absolute Gasteiger partial charge is 0.204 e. The molecule has 3 atom stereocenters. The fourth-order valence-corrected chi connectivity index (χ4v) is 4.89. The fraction of sp³-hybridized carbons (Fsp3) is 0.833. The number of hydrogen-bond acceptors (Lipinski definition) is 4. The first-order valence-corrected chi connectivity index (χ1v) is 7.46. The molecule has 2 N–H and O–H groups in total. The molecule has 1 heterocycles. The standard InChI is InChI=1S/C12H19N3S2/c1-11(2)7-4-5-12(3,6-7)8(11)13-9-14-15-10(16)17-9/h7-8H,4-6H2,1-3H3,(H,13,14)(H,15,16). The maximum atomic E-state index is 5.09. The van der Waals surface area contributed by atoms with Crippen molar-refractivity contribution in [1.29, 1.82) is 0 Å². The lowest BCUT2D eigenvalue weighted by Gasteiger charge is -2.42. The molecule has 2 aliphatic carbocycles. The van der Waals surface area contributed by atoms with Gasteiger partial charge in [0.25, 0.3) is 0 Å². The Hall–Kier alpha value is -0.420. The van der Waals surface area contributed by atoms with Gasteiger partial charge in [-0.3, -0.25) is 5.10 Å². The van der Waals surface area contributed by atoms with E-state index < -0.39 is 0 Å². The van der Waals surface area contributed by atoms with Gasteiger partial charge >= 0.3 is 0 Å². The van der Waals surface area contributed by atoms with Crippen LogP contribution in [0.5, 0.6) is 0 Å². The van der Waals surface area contributed by atoms with Gasteiger partial charge in [-0.15, -0.1) is 5.10 Å². The molecular formula is C12H19N3S2. The van der Waals surface area contributed by atoms with Crippen LogP contribution in [0.3, 0.4) is 0 Å². The Labute approximate surface area is 111 Å². The molecule has 1 aromatic heterocycles. The van der Waals surface area contributed by atoms with Gasteiger partial charge in [0.15, 0.2) is 3.95 Å². The summed E-state index contributed by atoms with van der Waals surface area (Å²) in [5.74, 6) is 0.858. The first-order valence-electron chi connectivity index (χ1n) is 6.24. The van der Waals surface area contributed by atoms with E-state index in [0.29, 0.717) is 16.9 Å². The number of nitrogens with zero attached hydrogens (tertiary/aromatic N) is 1. The van der Waals surface area contributed by atoms with Gasteiger partial charge in [0.2, 0.25) is 5.13 Å². The third kappa shape index (κ3) is 1.66. The molecular weight excluding hydrogens is 250 g/mol. The minimum absolute atomic E-state index is 0.361. The molecule has 0 saturated heterocycles. The third-order valence-corrected chi connectivity index (χ3v) is 6.00. The third-order valence-electron chi connectivity index (χ3n) is 4.98. The van der Waals surface area contributed by atoms with Gasteiger partial charge in [0, 0.05) is 6.04 Å². The lowest BCUT2D eigenvalue weighted by molar-refractivity contribution is 0.155. The molecule has 5 heteroatoms.